The van der Waals surface area contributed by atoms with Gasteiger partial charge in [0.25, 0.3) is 5.91 Å². The number of nitrogens with one attached hydrogen (secondary N) is 1. The van der Waals surface area contributed by atoms with E-state index in [1.165, 1.54) is 0 Å². The third-order valence-corrected chi connectivity index (χ3v) is 3.79. The van der Waals surface area contributed by atoms with Gasteiger partial charge in [-0.05, 0) is 49.9 Å². The zero-order valence-electron chi connectivity index (χ0n) is 9.67. The number of benzene rings is 1. The predicted octanol–water partition coefficient (Wildman–Crippen LogP) is 3.54. The fourth-order valence-corrected chi connectivity index (χ4v) is 2.83. The van der Waals surface area contributed by atoms with Crippen LogP contribution in [0, 0.1) is 6.92 Å². The molecule has 1 aromatic carbocycles. The molecule has 4 heteroatoms. The molecule has 0 saturated heterocycles. The zero-order valence-corrected chi connectivity index (χ0v) is 11.2. The summed E-state index contributed by atoms with van der Waals surface area (Å²) in [5.74, 6) is -0.0897. The topological polar surface area (TPSA) is 29.1 Å². The van der Waals surface area contributed by atoms with E-state index in [1.807, 2.05) is 19.1 Å². The van der Waals surface area contributed by atoms with Crippen molar-refractivity contribution in [3.05, 3.63) is 34.3 Å². The summed E-state index contributed by atoms with van der Waals surface area (Å²) < 4.78 is 0. The van der Waals surface area contributed by atoms with E-state index in [9.17, 15) is 4.79 Å². The predicted molar refractivity (Wildman–Crippen MR) is 70.9 cm³/mol. The highest BCUT2D eigenvalue weighted by molar-refractivity contribution is 6.31. The fourth-order valence-electron chi connectivity index (χ4n) is 2.20. The Morgan fingerprint density at radius 3 is 2.71 bits per heavy atom. The van der Waals surface area contributed by atoms with Crippen LogP contribution in [0.5, 0.6) is 0 Å². The standard InChI is InChI=1S/C13H15Cl2NO/c1-8-5-9(7-10(14)6-8)13(17)16-12-4-2-3-11(12)15/h5-7,11-12H,2-4H2,1H3,(H,16,17). The van der Waals surface area contributed by atoms with Crippen molar-refractivity contribution in [2.75, 3.05) is 0 Å². The maximum Gasteiger partial charge on any atom is 0.251 e. The molecule has 1 aromatic rings. The molecule has 0 spiro atoms. The summed E-state index contributed by atoms with van der Waals surface area (Å²) >= 11 is 12.1. The Hall–Kier alpha value is -0.730. The molecule has 1 fully saturated rings. The zero-order chi connectivity index (χ0) is 12.4. The SMILES string of the molecule is Cc1cc(Cl)cc(C(=O)NC2CCCC2Cl)c1. The van der Waals surface area contributed by atoms with Crippen molar-refractivity contribution in [1.29, 1.82) is 0 Å². The number of amides is 1. The van der Waals surface area contributed by atoms with Crippen LogP contribution in [-0.4, -0.2) is 17.3 Å². The van der Waals surface area contributed by atoms with Gasteiger partial charge in [0.2, 0.25) is 0 Å². The third-order valence-electron chi connectivity index (χ3n) is 3.05. The van der Waals surface area contributed by atoms with Gasteiger partial charge in [0, 0.05) is 16.6 Å². The Balaban J connectivity index is 2.09. The van der Waals surface area contributed by atoms with Crippen LogP contribution < -0.4 is 5.32 Å². The second-order valence-corrected chi connectivity index (χ2v) is 5.54. The average Bonchev–Trinajstić information content (AvgIpc) is 2.63. The van der Waals surface area contributed by atoms with Gasteiger partial charge in [-0.1, -0.05) is 11.6 Å². The van der Waals surface area contributed by atoms with Crippen molar-refractivity contribution in [2.45, 2.75) is 37.6 Å². The van der Waals surface area contributed by atoms with Crippen LogP contribution in [0.25, 0.3) is 0 Å². The molecule has 2 rings (SSSR count). The van der Waals surface area contributed by atoms with Gasteiger partial charge < -0.3 is 5.32 Å². The molecule has 0 heterocycles. The van der Waals surface area contributed by atoms with Crippen molar-refractivity contribution >= 4 is 29.1 Å². The van der Waals surface area contributed by atoms with Crippen LogP contribution >= 0.6 is 23.2 Å². The summed E-state index contributed by atoms with van der Waals surface area (Å²) in [6.45, 7) is 1.92. The number of carbonyl (C=O) groups excluding carboxylic acids is 1. The van der Waals surface area contributed by atoms with E-state index in [1.54, 1.807) is 6.07 Å². The lowest BCUT2D eigenvalue weighted by Crippen LogP contribution is -2.37. The molecular formula is C13H15Cl2NO. The lowest BCUT2D eigenvalue weighted by Gasteiger charge is -2.16. The highest BCUT2D eigenvalue weighted by atomic mass is 35.5. The average molecular weight is 272 g/mol. The van der Waals surface area contributed by atoms with Gasteiger partial charge in [-0.15, -0.1) is 11.6 Å². The normalized spacial score (nSPS) is 23.7. The van der Waals surface area contributed by atoms with Crippen LogP contribution in [0.3, 0.4) is 0 Å². The highest BCUT2D eigenvalue weighted by Crippen LogP contribution is 2.24. The van der Waals surface area contributed by atoms with E-state index >= 15 is 0 Å². The van der Waals surface area contributed by atoms with Crippen molar-refractivity contribution in [1.82, 2.24) is 5.32 Å². The Kier molecular flexibility index (Phi) is 3.95. The number of alkyl halides is 1. The van der Waals surface area contributed by atoms with Crippen molar-refractivity contribution in [2.24, 2.45) is 0 Å². The summed E-state index contributed by atoms with van der Waals surface area (Å²) in [7, 11) is 0. The molecule has 92 valence electrons. The van der Waals surface area contributed by atoms with Crippen LogP contribution in [0.15, 0.2) is 18.2 Å². The Labute approximate surface area is 111 Å². The second kappa shape index (κ2) is 5.28. The van der Waals surface area contributed by atoms with Crippen molar-refractivity contribution < 1.29 is 4.79 Å². The molecule has 1 aliphatic rings. The van der Waals surface area contributed by atoms with Gasteiger partial charge in [0.05, 0.1) is 5.38 Å². The number of aryl methyl sites for hydroxylation is 1. The minimum Gasteiger partial charge on any atom is -0.348 e. The number of halogens is 2. The quantitative estimate of drug-likeness (QED) is 0.820. The largest absolute Gasteiger partial charge is 0.348 e. The Morgan fingerprint density at radius 2 is 2.12 bits per heavy atom. The van der Waals surface area contributed by atoms with Gasteiger partial charge in [-0.25, -0.2) is 0 Å². The van der Waals surface area contributed by atoms with Crippen molar-refractivity contribution in [3.63, 3.8) is 0 Å². The highest BCUT2D eigenvalue weighted by Gasteiger charge is 2.26. The molecule has 2 nitrogen and oxygen atoms in total. The molecular weight excluding hydrogens is 257 g/mol. The van der Waals surface area contributed by atoms with Crippen LogP contribution in [0.1, 0.15) is 35.2 Å². The Bertz CT molecular complexity index is 413. The molecule has 0 bridgehead atoms. The lowest BCUT2D eigenvalue weighted by molar-refractivity contribution is 0.0938. The molecule has 2 atom stereocenters. The van der Waals surface area contributed by atoms with Gasteiger partial charge >= 0.3 is 0 Å². The molecule has 1 N–H and O–H groups in total. The van der Waals surface area contributed by atoms with Gasteiger partial charge in [-0.2, -0.15) is 0 Å². The summed E-state index contributed by atoms with van der Waals surface area (Å²) in [4.78, 5) is 12.0. The maximum atomic E-state index is 12.0. The number of hydrogen-bond acceptors (Lipinski definition) is 1. The van der Waals surface area contributed by atoms with E-state index in [2.05, 4.69) is 5.32 Å². The van der Waals surface area contributed by atoms with Crippen LogP contribution in [0.4, 0.5) is 0 Å². The van der Waals surface area contributed by atoms with Gasteiger partial charge in [-0.3, -0.25) is 4.79 Å². The minimum atomic E-state index is -0.0897. The molecule has 0 aromatic heterocycles. The summed E-state index contributed by atoms with van der Waals surface area (Å²) in [5, 5.41) is 3.61. The van der Waals surface area contributed by atoms with E-state index in [-0.39, 0.29) is 17.3 Å². The summed E-state index contributed by atoms with van der Waals surface area (Å²) in [6, 6.07) is 5.43. The fraction of sp³-hybridized carbons (Fsp3) is 0.462. The maximum absolute atomic E-state index is 12.0. The number of hydrogen-bond donors (Lipinski definition) is 1. The second-order valence-electron chi connectivity index (χ2n) is 4.54. The van der Waals surface area contributed by atoms with E-state index in [4.69, 9.17) is 23.2 Å². The first-order chi connectivity index (χ1) is 8.06. The van der Waals surface area contributed by atoms with E-state index in [0.29, 0.717) is 10.6 Å². The molecule has 1 saturated carbocycles. The summed E-state index contributed by atoms with van der Waals surface area (Å²) in [6.07, 6.45) is 3.01. The molecule has 1 aliphatic carbocycles. The Morgan fingerprint density at radius 1 is 1.35 bits per heavy atom. The first-order valence-corrected chi connectivity index (χ1v) is 6.60. The first kappa shape index (κ1) is 12.7. The molecule has 0 aliphatic heterocycles. The van der Waals surface area contributed by atoms with Crippen LogP contribution in [-0.2, 0) is 0 Å². The molecule has 2 unspecified atom stereocenters. The van der Waals surface area contributed by atoms with Crippen molar-refractivity contribution in [3.8, 4) is 0 Å². The first-order valence-electron chi connectivity index (χ1n) is 5.78. The smallest absolute Gasteiger partial charge is 0.251 e. The monoisotopic (exact) mass is 271 g/mol. The van der Waals surface area contributed by atoms with Gasteiger partial charge in [0.1, 0.15) is 0 Å². The summed E-state index contributed by atoms with van der Waals surface area (Å²) in [5.41, 5.74) is 1.59. The lowest BCUT2D eigenvalue weighted by atomic mass is 10.1. The molecule has 0 radical (unpaired) electrons. The minimum absolute atomic E-state index is 0.0548. The van der Waals surface area contributed by atoms with E-state index < -0.39 is 0 Å². The third kappa shape index (κ3) is 3.14. The molecule has 1 amide bonds. The van der Waals surface area contributed by atoms with Gasteiger partial charge in [0.15, 0.2) is 0 Å². The van der Waals surface area contributed by atoms with E-state index in [0.717, 1.165) is 24.8 Å². The number of rotatable bonds is 2. The van der Waals surface area contributed by atoms with Crippen LogP contribution in [0.2, 0.25) is 5.02 Å². The number of carbonyl (C=O) groups is 1. The molecule has 17 heavy (non-hydrogen) atoms.